The molecule has 0 N–H and O–H groups in total. The Balaban J connectivity index is 1.71. The average molecular weight is 399 g/mol. The van der Waals surface area contributed by atoms with Crippen LogP contribution in [0.15, 0.2) is 5.10 Å². The van der Waals surface area contributed by atoms with Crippen molar-refractivity contribution in [1.29, 1.82) is 0 Å². The summed E-state index contributed by atoms with van der Waals surface area (Å²) < 4.78 is 29.3. The van der Waals surface area contributed by atoms with E-state index in [4.69, 9.17) is 4.74 Å². The van der Waals surface area contributed by atoms with Crippen LogP contribution < -0.4 is 0 Å². The van der Waals surface area contributed by atoms with Gasteiger partial charge >= 0.3 is 5.97 Å². The summed E-state index contributed by atoms with van der Waals surface area (Å²) in [6.07, 6.45) is 3.72. The summed E-state index contributed by atoms with van der Waals surface area (Å²) in [6.45, 7) is 6.48. The van der Waals surface area contributed by atoms with Gasteiger partial charge in [-0.15, -0.1) is 0 Å². The lowest BCUT2D eigenvalue weighted by Gasteiger charge is -2.37. The molecule has 2 aliphatic heterocycles. The maximum atomic E-state index is 12.7. The van der Waals surface area contributed by atoms with Gasteiger partial charge in [0.2, 0.25) is 5.91 Å². The number of carbonyl (C=O) groups excluding carboxylic acids is 2. The lowest BCUT2D eigenvalue weighted by molar-refractivity contribution is -0.148. The first-order valence-corrected chi connectivity index (χ1v) is 11.8. The Morgan fingerprint density at radius 1 is 1.22 bits per heavy atom. The quantitative estimate of drug-likeness (QED) is 0.677. The summed E-state index contributed by atoms with van der Waals surface area (Å²) in [5, 5.41) is 5.44. The molecule has 8 heteroatoms. The molecule has 4 atom stereocenters. The lowest BCUT2D eigenvalue weighted by Crippen LogP contribution is -2.43. The van der Waals surface area contributed by atoms with Crippen molar-refractivity contribution >= 4 is 27.4 Å². The van der Waals surface area contributed by atoms with Gasteiger partial charge < -0.3 is 4.74 Å². The number of hydrogen-bond donors (Lipinski definition) is 0. The zero-order chi connectivity index (χ0) is 19.8. The molecule has 2 fully saturated rings. The molecule has 1 amide bonds. The van der Waals surface area contributed by atoms with Gasteiger partial charge in [0.15, 0.2) is 9.84 Å². The van der Waals surface area contributed by atoms with E-state index in [0.717, 1.165) is 19.3 Å². The first kappa shape index (κ1) is 20.3. The molecule has 3 rings (SSSR count). The molecule has 0 spiro atoms. The Hall–Kier alpha value is -1.44. The van der Waals surface area contributed by atoms with Crippen LogP contribution in [0.4, 0.5) is 0 Å². The normalized spacial score (nSPS) is 33.9. The summed E-state index contributed by atoms with van der Waals surface area (Å²) in [5.74, 6) is 0.593. The van der Waals surface area contributed by atoms with Crippen molar-refractivity contribution in [2.45, 2.75) is 71.4 Å². The van der Waals surface area contributed by atoms with Crippen molar-refractivity contribution in [2.75, 3.05) is 11.5 Å². The molecule has 0 radical (unpaired) electrons. The van der Waals surface area contributed by atoms with Crippen molar-refractivity contribution in [3.63, 3.8) is 0 Å². The first-order chi connectivity index (χ1) is 12.7. The van der Waals surface area contributed by atoms with Crippen LogP contribution in [0.25, 0.3) is 0 Å². The maximum absolute atomic E-state index is 12.7. The minimum Gasteiger partial charge on any atom is -0.458 e. The number of amides is 1. The minimum atomic E-state index is -3.13. The van der Waals surface area contributed by atoms with Crippen LogP contribution in [-0.4, -0.2) is 54.7 Å². The largest absolute Gasteiger partial charge is 0.458 e. The summed E-state index contributed by atoms with van der Waals surface area (Å²) in [6, 6.07) is -0.469. The summed E-state index contributed by atoms with van der Waals surface area (Å²) in [5.41, 5.74) is 0.236. The number of nitrogens with zero attached hydrogens (tertiary/aromatic N) is 2. The van der Waals surface area contributed by atoms with E-state index >= 15 is 0 Å². The van der Waals surface area contributed by atoms with Crippen LogP contribution in [0.2, 0.25) is 0 Å². The molecule has 152 valence electrons. The zero-order valence-electron chi connectivity index (χ0n) is 16.4. The van der Waals surface area contributed by atoms with Gasteiger partial charge in [0.1, 0.15) is 11.8 Å². The van der Waals surface area contributed by atoms with E-state index in [9.17, 15) is 18.0 Å². The Kier molecular flexibility index (Phi) is 5.93. The van der Waals surface area contributed by atoms with E-state index in [1.165, 1.54) is 5.01 Å². The third kappa shape index (κ3) is 4.70. The van der Waals surface area contributed by atoms with E-state index in [1.807, 2.05) is 0 Å². The highest BCUT2D eigenvalue weighted by atomic mass is 32.2. The monoisotopic (exact) mass is 398 g/mol. The van der Waals surface area contributed by atoms with E-state index < -0.39 is 21.8 Å². The molecule has 1 aliphatic carbocycles. The second-order valence-corrected chi connectivity index (χ2v) is 10.8. The van der Waals surface area contributed by atoms with Gasteiger partial charge in [0.05, 0.1) is 17.5 Å². The van der Waals surface area contributed by atoms with Gasteiger partial charge in [-0.05, 0) is 37.0 Å². The number of hydrogen-bond acceptors (Lipinski definition) is 6. The third-order valence-corrected chi connectivity index (χ3v) is 7.82. The summed E-state index contributed by atoms with van der Waals surface area (Å²) >= 11 is 0. The fraction of sp³-hybridized carbons (Fsp3) is 0.842. The number of ether oxygens (including phenoxy) is 1. The predicted octanol–water partition coefficient (Wildman–Crippen LogP) is 2.16. The average Bonchev–Trinajstić information content (AvgIpc) is 2.94. The zero-order valence-corrected chi connectivity index (χ0v) is 17.2. The second-order valence-electron chi connectivity index (χ2n) is 8.61. The first-order valence-electron chi connectivity index (χ1n) is 9.97. The Labute approximate surface area is 161 Å². The summed E-state index contributed by atoms with van der Waals surface area (Å²) in [7, 11) is -3.13. The fourth-order valence-corrected chi connectivity index (χ4v) is 6.12. The van der Waals surface area contributed by atoms with Crippen molar-refractivity contribution in [2.24, 2.45) is 22.9 Å². The van der Waals surface area contributed by atoms with E-state index in [1.54, 1.807) is 0 Å². The Morgan fingerprint density at radius 3 is 2.59 bits per heavy atom. The van der Waals surface area contributed by atoms with Crippen LogP contribution in [0, 0.1) is 17.8 Å². The molecule has 3 aliphatic rings. The molecule has 27 heavy (non-hydrogen) atoms. The molecular formula is C19H30N2O5S. The third-order valence-electron chi connectivity index (χ3n) is 6.07. The number of esters is 1. The number of sulfone groups is 1. The van der Waals surface area contributed by atoms with Crippen molar-refractivity contribution in [3.05, 3.63) is 0 Å². The smallest absolute Gasteiger partial charge is 0.354 e. The topological polar surface area (TPSA) is 93.1 Å². The molecule has 1 saturated heterocycles. The van der Waals surface area contributed by atoms with E-state index in [-0.39, 0.29) is 42.1 Å². The van der Waals surface area contributed by atoms with E-state index in [2.05, 4.69) is 25.9 Å². The highest BCUT2D eigenvalue weighted by Crippen LogP contribution is 2.35. The van der Waals surface area contributed by atoms with Crippen LogP contribution >= 0.6 is 0 Å². The van der Waals surface area contributed by atoms with Crippen molar-refractivity contribution in [1.82, 2.24) is 5.01 Å². The minimum absolute atomic E-state index is 0.0623. The maximum Gasteiger partial charge on any atom is 0.354 e. The molecule has 4 unspecified atom stereocenters. The Bertz CT molecular complexity index is 730. The molecule has 0 aromatic heterocycles. The number of carbonyl (C=O) groups is 2. The van der Waals surface area contributed by atoms with Gasteiger partial charge in [-0.25, -0.2) is 18.2 Å². The standard InChI is InChI=1S/C19H30N2O5S/c1-12(2)15-5-4-13(3)10-17(15)26-19(23)16-6-7-18(22)21(20-16)14-8-9-27(24,25)11-14/h12-15,17H,4-11H2,1-3H3. The van der Waals surface area contributed by atoms with Crippen molar-refractivity contribution in [3.8, 4) is 0 Å². The second kappa shape index (κ2) is 7.89. The van der Waals surface area contributed by atoms with E-state index in [0.29, 0.717) is 24.2 Å². The number of rotatable bonds is 4. The number of hydrazone groups is 1. The van der Waals surface area contributed by atoms with Gasteiger partial charge in [0, 0.05) is 12.8 Å². The van der Waals surface area contributed by atoms with Crippen LogP contribution in [-0.2, 0) is 24.2 Å². The molecule has 0 aromatic rings. The molecule has 7 nitrogen and oxygen atoms in total. The van der Waals surface area contributed by atoms with Gasteiger partial charge in [0.25, 0.3) is 0 Å². The Morgan fingerprint density at radius 2 is 1.96 bits per heavy atom. The molecule has 0 bridgehead atoms. The fourth-order valence-electron chi connectivity index (χ4n) is 4.43. The predicted molar refractivity (Wildman–Crippen MR) is 102 cm³/mol. The SMILES string of the molecule is CC1CCC(C(C)C)C(OC(=O)C2=NN(C3CCS(=O)(=O)C3)C(=O)CC2)C1. The molecule has 0 aromatic carbocycles. The lowest BCUT2D eigenvalue weighted by atomic mass is 9.75. The molecule has 1 saturated carbocycles. The highest BCUT2D eigenvalue weighted by Gasteiger charge is 2.39. The van der Waals surface area contributed by atoms with Gasteiger partial charge in [-0.3, -0.25) is 4.79 Å². The van der Waals surface area contributed by atoms with Gasteiger partial charge in [-0.2, -0.15) is 5.10 Å². The van der Waals surface area contributed by atoms with Crippen LogP contribution in [0.3, 0.4) is 0 Å². The highest BCUT2D eigenvalue weighted by molar-refractivity contribution is 7.91. The molecular weight excluding hydrogens is 368 g/mol. The molecule has 2 heterocycles. The summed E-state index contributed by atoms with van der Waals surface area (Å²) in [4.78, 5) is 24.9. The van der Waals surface area contributed by atoms with Crippen molar-refractivity contribution < 1.29 is 22.7 Å². The van der Waals surface area contributed by atoms with Gasteiger partial charge in [-0.1, -0.05) is 27.2 Å². The van der Waals surface area contributed by atoms with Crippen LogP contribution in [0.5, 0.6) is 0 Å². The van der Waals surface area contributed by atoms with Crippen LogP contribution in [0.1, 0.15) is 59.3 Å².